The van der Waals surface area contributed by atoms with Crippen LogP contribution in [0.2, 0.25) is 0 Å². The molecule has 1 fully saturated rings. The Kier molecular flexibility index (Phi) is 5.63. The Morgan fingerprint density at radius 2 is 2.00 bits per heavy atom. The molecule has 136 valence electrons. The molecule has 3 rings (SSSR count). The van der Waals surface area contributed by atoms with Crippen LogP contribution in [0, 0.1) is 5.82 Å². The minimum absolute atomic E-state index is 0.0362. The minimum Gasteiger partial charge on any atom is -0.375 e. The fourth-order valence-corrected chi connectivity index (χ4v) is 2.92. The number of carbonyl (C=O) groups excluding carboxylic acids is 2. The Labute approximate surface area is 151 Å². The molecule has 1 unspecified atom stereocenters. The van der Waals surface area contributed by atoms with E-state index in [2.05, 4.69) is 5.32 Å². The summed E-state index contributed by atoms with van der Waals surface area (Å²) in [4.78, 5) is 26.3. The van der Waals surface area contributed by atoms with E-state index in [-0.39, 0.29) is 30.2 Å². The predicted octanol–water partition coefficient (Wildman–Crippen LogP) is 2.87. The first kappa shape index (κ1) is 18.1. The molecule has 2 aromatic rings. The monoisotopic (exact) mass is 356 g/mol. The van der Waals surface area contributed by atoms with Crippen molar-refractivity contribution in [2.75, 3.05) is 25.0 Å². The second-order valence-corrected chi connectivity index (χ2v) is 6.36. The molecular weight excluding hydrogens is 335 g/mol. The molecule has 1 N–H and O–H groups in total. The number of halogens is 1. The number of rotatable bonds is 4. The van der Waals surface area contributed by atoms with E-state index in [1.54, 1.807) is 41.3 Å². The van der Waals surface area contributed by atoms with Gasteiger partial charge in [-0.25, -0.2) is 4.39 Å². The SMILES string of the molecule is CC1CN(C(=O)c2ccc(NC(=O)Cc3cccc(F)c3)cc2)CCO1. The predicted molar refractivity (Wildman–Crippen MR) is 96.5 cm³/mol. The molecular formula is C20H21FN2O3. The lowest BCUT2D eigenvalue weighted by Crippen LogP contribution is -2.44. The number of ether oxygens (including phenoxy) is 1. The first-order valence-electron chi connectivity index (χ1n) is 8.56. The summed E-state index contributed by atoms with van der Waals surface area (Å²) in [5.41, 5.74) is 1.77. The third kappa shape index (κ3) is 4.67. The van der Waals surface area contributed by atoms with Crippen LogP contribution in [0.4, 0.5) is 10.1 Å². The standard InChI is InChI=1S/C20H21FN2O3/c1-14-13-23(9-10-26-14)20(25)16-5-7-18(8-6-16)22-19(24)12-15-3-2-4-17(21)11-15/h2-8,11,14H,9-10,12-13H2,1H3,(H,22,24). The van der Waals surface area contributed by atoms with Gasteiger partial charge in [0.25, 0.3) is 5.91 Å². The van der Waals surface area contributed by atoms with Crippen molar-refractivity contribution in [3.8, 4) is 0 Å². The van der Waals surface area contributed by atoms with Gasteiger partial charge in [0.05, 0.1) is 19.1 Å². The number of morpholine rings is 1. The highest BCUT2D eigenvalue weighted by molar-refractivity contribution is 5.96. The largest absolute Gasteiger partial charge is 0.375 e. The van der Waals surface area contributed by atoms with Gasteiger partial charge in [0.15, 0.2) is 0 Å². The van der Waals surface area contributed by atoms with E-state index in [1.807, 2.05) is 6.92 Å². The summed E-state index contributed by atoms with van der Waals surface area (Å²) in [6.07, 6.45) is 0.124. The molecule has 0 aromatic heterocycles. The van der Waals surface area contributed by atoms with Crippen molar-refractivity contribution in [3.05, 3.63) is 65.5 Å². The van der Waals surface area contributed by atoms with Crippen molar-refractivity contribution in [2.24, 2.45) is 0 Å². The lowest BCUT2D eigenvalue weighted by molar-refractivity contribution is -0.115. The van der Waals surface area contributed by atoms with Crippen LogP contribution in [-0.2, 0) is 16.0 Å². The van der Waals surface area contributed by atoms with E-state index < -0.39 is 0 Å². The number of carbonyl (C=O) groups is 2. The maximum atomic E-state index is 13.2. The lowest BCUT2D eigenvalue weighted by Gasteiger charge is -2.31. The molecule has 2 amide bonds. The van der Waals surface area contributed by atoms with E-state index in [4.69, 9.17) is 4.74 Å². The molecule has 0 radical (unpaired) electrons. The smallest absolute Gasteiger partial charge is 0.254 e. The van der Waals surface area contributed by atoms with Gasteiger partial charge in [-0.05, 0) is 48.9 Å². The molecule has 0 aliphatic carbocycles. The van der Waals surface area contributed by atoms with Crippen LogP contribution >= 0.6 is 0 Å². The Hall–Kier alpha value is -2.73. The maximum Gasteiger partial charge on any atom is 0.254 e. The molecule has 0 bridgehead atoms. The van der Waals surface area contributed by atoms with E-state index in [0.29, 0.717) is 36.5 Å². The number of hydrogen-bond acceptors (Lipinski definition) is 3. The van der Waals surface area contributed by atoms with E-state index in [1.165, 1.54) is 12.1 Å². The van der Waals surface area contributed by atoms with Crippen LogP contribution < -0.4 is 5.32 Å². The van der Waals surface area contributed by atoms with E-state index >= 15 is 0 Å². The van der Waals surface area contributed by atoms with Crippen molar-refractivity contribution >= 4 is 17.5 Å². The summed E-state index contributed by atoms with van der Waals surface area (Å²) in [7, 11) is 0. The summed E-state index contributed by atoms with van der Waals surface area (Å²) in [5.74, 6) is -0.648. The van der Waals surface area contributed by atoms with Crippen molar-refractivity contribution in [1.82, 2.24) is 4.90 Å². The fraction of sp³-hybridized carbons (Fsp3) is 0.300. The Balaban J connectivity index is 1.58. The van der Waals surface area contributed by atoms with Crippen LogP contribution in [0.25, 0.3) is 0 Å². The van der Waals surface area contributed by atoms with Gasteiger partial charge in [0, 0.05) is 24.3 Å². The highest BCUT2D eigenvalue weighted by Gasteiger charge is 2.22. The summed E-state index contributed by atoms with van der Waals surface area (Å²) in [6.45, 7) is 3.64. The third-order valence-electron chi connectivity index (χ3n) is 4.20. The number of anilines is 1. The highest BCUT2D eigenvalue weighted by atomic mass is 19.1. The number of nitrogens with one attached hydrogen (secondary N) is 1. The average Bonchev–Trinajstić information content (AvgIpc) is 2.61. The first-order valence-corrected chi connectivity index (χ1v) is 8.56. The topological polar surface area (TPSA) is 58.6 Å². The molecule has 1 aliphatic heterocycles. The number of hydrogen-bond donors (Lipinski definition) is 1. The second kappa shape index (κ2) is 8.10. The van der Waals surface area contributed by atoms with Crippen LogP contribution in [0.15, 0.2) is 48.5 Å². The zero-order chi connectivity index (χ0) is 18.5. The number of benzene rings is 2. The van der Waals surface area contributed by atoms with Crippen molar-refractivity contribution < 1.29 is 18.7 Å². The van der Waals surface area contributed by atoms with E-state index in [0.717, 1.165) is 0 Å². The fourth-order valence-electron chi connectivity index (χ4n) is 2.92. The summed E-state index contributed by atoms with van der Waals surface area (Å²) in [6, 6.07) is 12.7. The molecule has 1 saturated heterocycles. The number of amides is 2. The molecule has 2 aromatic carbocycles. The van der Waals surface area contributed by atoms with Gasteiger partial charge < -0.3 is 15.0 Å². The van der Waals surface area contributed by atoms with Crippen LogP contribution in [-0.4, -0.2) is 42.5 Å². The van der Waals surface area contributed by atoms with Crippen LogP contribution in [0.1, 0.15) is 22.8 Å². The molecule has 1 atom stereocenters. The van der Waals surface area contributed by atoms with Gasteiger partial charge in [0.2, 0.25) is 5.91 Å². The van der Waals surface area contributed by atoms with Gasteiger partial charge >= 0.3 is 0 Å². The Morgan fingerprint density at radius 1 is 1.23 bits per heavy atom. The van der Waals surface area contributed by atoms with Crippen molar-refractivity contribution in [2.45, 2.75) is 19.4 Å². The zero-order valence-electron chi connectivity index (χ0n) is 14.6. The van der Waals surface area contributed by atoms with Gasteiger partial charge in [-0.2, -0.15) is 0 Å². The lowest BCUT2D eigenvalue weighted by atomic mass is 10.1. The molecule has 26 heavy (non-hydrogen) atoms. The summed E-state index contributed by atoms with van der Waals surface area (Å²) >= 11 is 0. The Morgan fingerprint density at radius 3 is 2.69 bits per heavy atom. The van der Waals surface area contributed by atoms with Crippen LogP contribution in [0.5, 0.6) is 0 Å². The highest BCUT2D eigenvalue weighted by Crippen LogP contribution is 2.15. The molecule has 6 heteroatoms. The summed E-state index contributed by atoms with van der Waals surface area (Å²) in [5, 5.41) is 2.76. The summed E-state index contributed by atoms with van der Waals surface area (Å²) < 4.78 is 18.6. The molecule has 0 spiro atoms. The molecule has 1 aliphatic rings. The van der Waals surface area contributed by atoms with Gasteiger partial charge in [-0.15, -0.1) is 0 Å². The maximum absolute atomic E-state index is 13.2. The Bertz CT molecular complexity index is 792. The minimum atomic E-state index is -0.365. The van der Waals surface area contributed by atoms with Crippen molar-refractivity contribution in [3.63, 3.8) is 0 Å². The third-order valence-corrected chi connectivity index (χ3v) is 4.20. The second-order valence-electron chi connectivity index (χ2n) is 6.36. The normalized spacial score (nSPS) is 17.0. The average molecular weight is 356 g/mol. The molecule has 1 heterocycles. The van der Waals surface area contributed by atoms with Gasteiger partial charge in [0.1, 0.15) is 5.82 Å². The molecule has 0 saturated carbocycles. The molecule has 5 nitrogen and oxygen atoms in total. The number of nitrogens with zero attached hydrogens (tertiary/aromatic N) is 1. The van der Waals surface area contributed by atoms with Crippen molar-refractivity contribution in [1.29, 1.82) is 0 Å². The quantitative estimate of drug-likeness (QED) is 0.916. The first-order chi connectivity index (χ1) is 12.5. The van der Waals surface area contributed by atoms with E-state index in [9.17, 15) is 14.0 Å². The van der Waals surface area contributed by atoms with Gasteiger partial charge in [-0.3, -0.25) is 9.59 Å². The van der Waals surface area contributed by atoms with Gasteiger partial charge in [-0.1, -0.05) is 12.1 Å². The zero-order valence-corrected chi connectivity index (χ0v) is 14.6. The van der Waals surface area contributed by atoms with Crippen LogP contribution in [0.3, 0.4) is 0 Å².